The van der Waals surface area contributed by atoms with Crippen LogP contribution in [0, 0.1) is 5.92 Å². The first-order valence-corrected chi connectivity index (χ1v) is 3.58. The topological polar surface area (TPSA) is 40.3 Å². The first-order valence-electron chi connectivity index (χ1n) is 3.58. The first kappa shape index (κ1) is 7.54. The standard InChI is InChI=1S/C7H13NO2/c1-5(2)3-8-4-6(8)7(9)10/h5-6H,3-4H2,1-2H3,(H,9,10). The molecular formula is C7H13NO2. The Balaban J connectivity index is 2.20. The van der Waals surface area contributed by atoms with E-state index in [1.165, 1.54) is 0 Å². The lowest BCUT2D eigenvalue weighted by atomic mass is 10.2. The Labute approximate surface area is 60.6 Å². The third-order valence-electron chi connectivity index (χ3n) is 1.60. The van der Waals surface area contributed by atoms with Crippen LogP contribution in [0.1, 0.15) is 13.8 Å². The fraction of sp³-hybridized carbons (Fsp3) is 0.857. The second-order valence-electron chi connectivity index (χ2n) is 3.20. The van der Waals surface area contributed by atoms with Crippen molar-refractivity contribution in [3.05, 3.63) is 0 Å². The van der Waals surface area contributed by atoms with E-state index in [1.807, 2.05) is 4.90 Å². The Hall–Kier alpha value is -0.570. The number of rotatable bonds is 3. The number of aliphatic carboxylic acids is 1. The van der Waals surface area contributed by atoms with Crippen LogP contribution in [-0.2, 0) is 4.79 Å². The van der Waals surface area contributed by atoms with Crippen molar-refractivity contribution in [2.45, 2.75) is 19.9 Å². The van der Waals surface area contributed by atoms with Crippen molar-refractivity contribution in [3.63, 3.8) is 0 Å². The fourth-order valence-corrected chi connectivity index (χ4v) is 1.08. The van der Waals surface area contributed by atoms with Gasteiger partial charge in [-0.15, -0.1) is 0 Å². The van der Waals surface area contributed by atoms with Crippen LogP contribution in [0.15, 0.2) is 0 Å². The molecule has 1 aliphatic heterocycles. The molecule has 0 aromatic heterocycles. The minimum absolute atomic E-state index is 0.178. The molecule has 3 heteroatoms. The van der Waals surface area contributed by atoms with Crippen LogP contribution >= 0.6 is 0 Å². The first-order chi connectivity index (χ1) is 4.61. The molecule has 0 spiro atoms. The average Bonchev–Trinajstić information content (AvgIpc) is 2.43. The highest BCUT2D eigenvalue weighted by atomic mass is 16.4. The Bertz CT molecular complexity index is 145. The van der Waals surface area contributed by atoms with Crippen molar-refractivity contribution in [1.29, 1.82) is 0 Å². The lowest BCUT2D eigenvalue weighted by molar-refractivity contribution is -0.137. The predicted molar refractivity (Wildman–Crippen MR) is 37.8 cm³/mol. The summed E-state index contributed by atoms with van der Waals surface area (Å²) >= 11 is 0. The van der Waals surface area contributed by atoms with Crippen LogP contribution in [0.25, 0.3) is 0 Å². The van der Waals surface area contributed by atoms with E-state index in [4.69, 9.17) is 5.11 Å². The van der Waals surface area contributed by atoms with Gasteiger partial charge in [0.25, 0.3) is 0 Å². The summed E-state index contributed by atoms with van der Waals surface area (Å²) in [5.41, 5.74) is 0. The van der Waals surface area contributed by atoms with E-state index in [1.54, 1.807) is 0 Å². The molecule has 0 amide bonds. The number of carbonyl (C=O) groups is 1. The molecule has 0 aliphatic carbocycles. The molecule has 0 aromatic carbocycles. The molecule has 10 heavy (non-hydrogen) atoms. The SMILES string of the molecule is CC(C)CN1CC1C(=O)O. The van der Waals surface area contributed by atoms with Gasteiger partial charge in [-0.3, -0.25) is 9.69 Å². The maximum atomic E-state index is 10.3. The summed E-state index contributed by atoms with van der Waals surface area (Å²) < 4.78 is 0. The second-order valence-corrected chi connectivity index (χ2v) is 3.20. The van der Waals surface area contributed by atoms with Crippen LogP contribution in [0.5, 0.6) is 0 Å². The molecule has 1 saturated heterocycles. The van der Waals surface area contributed by atoms with Gasteiger partial charge in [-0.1, -0.05) is 13.8 Å². The molecule has 0 radical (unpaired) electrons. The Morgan fingerprint density at radius 3 is 2.70 bits per heavy atom. The summed E-state index contributed by atoms with van der Waals surface area (Å²) in [6, 6.07) is -0.178. The normalized spacial score (nSPS) is 30.7. The number of carboxylic acids is 1. The highest BCUT2D eigenvalue weighted by molar-refractivity contribution is 5.76. The maximum Gasteiger partial charge on any atom is 0.322 e. The fourth-order valence-electron chi connectivity index (χ4n) is 1.08. The van der Waals surface area contributed by atoms with Gasteiger partial charge in [0.05, 0.1) is 0 Å². The molecule has 0 bridgehead atoms. The maximum absolute atomic E-state index is 10.3. The zero-order valence-corrected chi connectivity index (χ0v) is 6.37. The number of hydrogen-bond donors (Lipinski definition) is 1. The van der Waals surface area contributed by atoms with Gasteiger partial charge in [-0.2, -0.15) is 0 Å². The van der Waals surface area contributed by atoms with Gasteiger partial charge in [-0.05, 0) is 5.92 Å². The smallest absolute Gasteiger partial charge is 0.322 e. The summed E-state index contributed by atoms with van der Waals surface area (Å²) in [5.74, 6) is -0.106. The van der Waals surface area contributed by atoms with Crippen molar-refractivity contribution in [3.8, 4) is 0 Å². The molecule has 0 saturated carbocycles. The number of nitrogens with zero attached hydrogens (tertiary/aromatic N) is 1. The Morgan fingerprint density at radius 1 is 1.80 bits per heavy atom. The largest absolute Gasteiger partial charge is 0.480 e. The van der Waals surface area contributed by atoms with Gasteiger partial charge in [0.15, 0.2) is 0 Å². The monoisotopic (exact) mass is 143 g/mol. The van der Waals surface area contributed by atoms with Gasteiger partial charge in [0, 0.05) is 13.1 Å². The van der Waals surface area contributed by atoms with Gasteiger partial charge in [0.1, 0.15) is 6.04 Å². The zero-order valence-electron chi connectivity index (χ0n) is 6.37. The molecule has 0 aromatic rings. The van der Waals surface area contributed by atoms with Crippen LogP contribution in [0.3, 0.4) is 0 Å². The minimum atomic E-state index is -0.680. The second kappa shape index (κ2) is 2.58. The van der Waals surface area contributed by atoms with E-state index >= 15 is 0 Å². The van der Waals surface area contributed by atoms with E-state index in [-0.39, 0.29) is 6.04 Å². The molecule has 1 heterocycles. The molecule has 1 N–H and O–H groups in total. The average molecular weight is 143 g/mol. The summed E-state index contributed by atoms with van der Waals surface area (Å²) in [5, 5.41) is 8.49. The number of carboxylic acid groups (broad SMARTS) is 1. The van der Waals surface area contributed by atoms with Crippen molar-refractivity contribution in [2.24, 2.45) is 5.92 Å². The summed E-state index contributed by atoms with van der Waals surface area (Å²) in [6.07, 6.45) is 0. The van der Waals surface area contributed by atoms with Crippen molar-refractivity contribution < 1.29 is 9.90 Å². The summed E-state index contributed by atoms with van der Waals surface area (Å²) in [6.45, 7) is 5.85. The third-order valence-corrected chi connectivity index (χ3v) is 1.60. The Kier molecular flexibility index (Phi) is 1.94. The van der Waals surface area contributed by atoms with Crippen molar-refractivity contribution in [2.75, 3.05) is 13.1 Å². The Morgan fingerprint density at radius 2 is 2.40 bits per heavy atom. The minimum Gasteiger partial charge on any atom is -0.480 e. The highest BCUT2D eigenvalue weighted by Crippen LogP contribution is 2.18. The van der Waals surface area contributed by atoms with E-state index in [0.717, 1.165) is 13.1 Å². The van der Waals surface area contributed by atoms with E-state index in [9.17, 15) is 4.79 Å². The highest BCUT2D eigenvalue weighted by Gasteiger charge is 2.40. The predicted octanol–water partition coefficient (Wildman–Crippen LogP) is 0.411. The van der Waals surface area contributed by atoms with Crippen molar-refractivity contribution in [1.82, 2.24) is 4.90 Å². The third kappa shape index (κ3) is 1.70. The van der Waals surface area contributed by atoms with Crippen LogP contribution < -0.4 is 0 Å². The van der Waals surface area contributed by atoms with Gasteiger partial charge < -0.3 is 5.11 Å². The van der Waals surface area contributed by atoms with Gasteiger partial charge in [-0.25, -0.2) is 0 Å². The number of hydrogen-bond acceptors (Lipinski definition) is 2. The van der Waals surface area contributed by atoms with Gasteiger partial charge >= 0.3 is 5.97 Å². The van der Waals surface area contributed by atoms with E-state index in [0.29, 0.717) is 5.92 Å². The van der Waals surface area contributed by atoms with Crippen LogP contribution in [0.2, 0.25) is 0 Å². The summed E-state index contributed by atoms with van der Waals surface area (Å²) in [7, 11) is 0. The lowest BCUT2D eigenvalue weighted by Gasteiger charge is -2.03. The van der Waals surface area contributed by atoms with Crippen molar-refractivity contribution >= 4 is 5.97 Å². The molecule has 3 nitrogen and oxygen atoms in total. The molecule has 2 unspecified atom stereocenters. The molecule has 1 fully saturated rings. The molecular weight excluding hydrogens is 130 g/mol. The van der Waals surface area contributed by atoms with E-state index < -0.39 is 5.97 Å². The molecule has 1 rings (SSSR count). The molecule has 1 aliphatic rings. The molecule has 2 atom stereocenters. The van der Waals surface area contributed by atoms with E-state index in [2.05, 4.69) is 13.8 Å². The zero-order chi connectivity index (χ0) is 7.72. The van der Waals surface area contributed by atoms with Crippen LogP contribution in [-0.4, -0.2) is 35.1 Å². The summed E-state index contributed by atoms with van der Waals surface area (Å²) in [4.78, 5) is 12.3. The molecule has 58 valence electrons. The van der Waals surface area contributed by atoms with Gasteiger partial charge in [0.2, 0.25) is 0 Å². The lowest BCUT2D eigenvalue weighted by Crippen LogP contribution is -2.15. The van der Waals surface area contributed by atoms with Crippen LogP contribution in [0.4, 0.5) is 0 Å². The quantitative estimate of drug-likeness (QED) is 0.582.